The van der Waals surface area contributed by atoms with Crippen LogP contribution in [0.3, 0.4) is 0 Å². The molecule has 0 aromatic heterocycles. The highest BCUT2D eigenvalue weighted by Crippen LogP contribution is 2.23. The van der Waals surface area contributed by atoms with Crippen molar-refractivity contribution in [2.24, 2.45) is 5.10 Å². The van der Waals surface area contributed by atoms with E-state index in [0.717, 1.165) is 5.69 Å². The summed E-state index contributed by atoms with van der Waals surface area (Å²) in [5.41, 5.74) is 4.74. The Morgan fingerprint density at radius 3 is 2.52 bits per heavy atom. The third kappa shape index (κ3) is 6.35. The third-order valence-electron chi connectivity index (χ3n) is 2.61. The van der Waals surface area contributed by atoms with E-state index in [0.29, 0.717) is 11.0 Å². The van der Waals surface area contributed by atoms with Crippen LogP contribution in [0.5, 0.6) is 0 Å². The van der Waals surface area contributed by atoms with Crippen LogP contribution in [0.25, 0.3) is 0 Å². The Hall–Kier alpha value is -1.95. The van der Waals surface area contributed by atoms with Gasteiger partial charge in [0.1, 0.15) is 6.21 Å². The van der Waals surface area contributed by atoms with Crippen LogP contribution in [0, 0.1) is 0 Å². The van der Waals surface area contributed by atoms with Gasteiger partial charge >= 0.3 is 0 Å². The smallest absolute Gasteiger partial charge is 0.264 e. The third-order valence-corrected chi connectivity index (χ3v) is 2.80. The lowest BCUT2D eigenvalue weighted by Crippen LogP contribution is -2.32. The molecule has 3 N–H and O–H groups in total. The van der Waals surface area contributed by atoms with E-state index >= 15 is 0 Å². The van der Waals surface area contributed by atoms with Crippen LogP contribution in [-0.4, -0.2) is 23.3 Å². The van der Waals surface area contributed by atoms with Crippen molar-refractivity contribution in [2.45, 2.75) is 39.7 Å². The van der Waals surface area contributed by atoms with Crippen LogP contribution in [0.15, 0.2) is 29.4 Å². The van der Waals surface area contributed by atoms with E-state index in [4.69, 9.17) is 12.2 Å². The van der Waals surface area contributed by atoms with Crippen molar-refractivity contribution in [1.82, 2.24) is 10.7 Å². The number of anilines is 1. The molecule has 0 radical (unpaired) electrons. The zero-order valence-electron chi connectivity index (χ0n) is 12.8. The summed E-state index contributed by atoms with van der Waals surface area (Å²) in [6, 6.07) is 8.02. The highest BCUT2D eigenvalue weighted by atomic mass is 32.1. The van der Waals surface area contributed by atoms with Gasteiger partial charge in [-0.25, -0.2) is 0 Å². The average molecular weight is 306 g/mol. The number of amides is 1. The molecule has 0 saturated carbocycles. The number of carbonyl (C=O) groups excluding carboxylic acids is 1. The first-order chi connectivity index (χ1) is 9.90. The molecule has 0 atom stereocenters. The number of para-hydroxylation sites is 1. The summed E-state index contributed by atoms with van der Waals surface area (Å²) in [6.45, 7) is 8.00. The van der Waals surface area contributed by atoms with Gasteiger partial charge in [0.2, 0.25) is 0 Å². The zero-order valence-corrected chi connectivity index (χ0v) is 13.6. The summed E-state index contributed by atoms with van der Waals surface area (Å²) in [6.07, 6.45) is 1.17. The summed E-state index contributed by atoms with van der Waals surface area (Å²) in [5, 5.41) is 9.93. The second kappa shape index (κ2) is 8.36. The van der Waals surface area contributed by atoms with Gasteiger partial charge in [-0.3, -0.25) is 10.2 Å². The molecule has 1 rings (SSSR count). The largest absolute Gasteiger partial charge is 0.349 e. The van der Waals surface area contributed by atoms with Gasteiger partial charge in [0.15, 0.2) is 5.11 Å². The van der Waals surface area contributed by atoms with E-state index in [2.05, 4.69) is 41.1 Å². The number of nitrogens with one attached hydrogen (secondary N) is 3. The molecule has 0 unspecified atom stereocenters. The molecule has 0 aliphatic rings. The maximum Gasteiger partial charge on any atom is 0.264 e. The molecule has 114 valence electrons. The SMILES string of the molecule is CC(C)NC(=O)/C=N/NC(=S)Nc1ccccc1C(C)C. The van der Waals surface area contributed by atoms with Crippen LogP contribution in [0.2, 0.25) is 0 Å². The zero-order chi connectivity index (χ0) is 15.8. The highest BCUT2D eigenvalue weighted by Gasteiger charge is 2.06. The van der Waals surface area contributed by atoms with Crippen molar-refractivity contribution in [3.63, 3.8) is 0 Å². The van der Waals surface area contributed by atoms with E-state index < -0.39 is 0 Å². The molecule has 21 heavy (non-hydrogen) atoms. The lowest BCUT2D eigenvalue weighted by Gasteiger charge is -2.14. The summed E-state index contributed by atoms with van der Waals surface area (Å²) in [4.78, 5) is 11.4. The van der Waals surface area contributed by atoms with E-state index in [9.17, 15) is 4.79 Å². The fourth-order valence-corrected chi connectivity index (χ4v) is 1.90. The van der Waals surface area contributed by atoms with Crippen LogP contribution in [0.1, 0.15) is 39.2 Å². The monoisotopic (exact) mass is 306 g/mol. The number of rotatable bonds is 5. The van der Waals surface area contributed by atoms with Crippen molar-refractivity contribution < 1.29 is 4.79 Å². The molecule has 0 saturated heterocycles. The first kappa shape index (κ1) is 17.1. The number of hydrogen-bond donors (Lipinski definition) is 3. The fourth-order valence-electron chi connectivity index (χ4n) is 1.74. The molecule has 1 aromatic rings. The molecule has 0 fully saturated rings. The normalized spacial score (nSPS) is 11.0. The molecular formula is C15H22N4OS. The summed E-state index contributed by atoms with van der Waals surface area (Å²) < 4.78 is 0. The predicted molar refractivity (Wildman–Crippen MR) is 91.7 cm³/mol. The minimum atomic E-state index is -0.261. The first-order valence-corrected chi connectivity index (χ1v) is 7.30. The topological polar surface area (TPSA) is 65.5 Å². The van der Waals surface area contributed by atoms with E-state index in [1.54, 1.807) is 0 Å². The average Bonchev–Trinajstić information content (AvgIpc) is 2.38. The second-order valence-electron chi connectivity index (χ2n) is 5.23. The van der Waals surface area contributed by atoms with E-state index in [1.807, 2.05) is 32.0 Å². The number of thiocarbonyl (C=S) groups is 1. The lowest BCUT2D eigenvalue weighted by molar-refractivity contribution is -0.114. The second-order valence-corrected chi connectivity index (χ2v) is 5.64. The summed E-state index contributed by atoms with van der Waals surface area (Å²) in [7, 11) is 0. The lowest BCUT2D eigenvalue weighted by atomic mass is 10.0. The molecular weight excluding hydrogens is 284 g/mol. The van der Waals surface area contributed by atoms with Gasteiger partial charge < -0.3 is 10.6 Å². The van der Waals surface area contributed by atoms with Crippen LogP contribution >= 0.6 is 12.2 Å². The number of carbonyl (C=O) groups is 1. The molecule has 0 bridgehead atoms. The molecule has 0 aliphatic heterocycles. The van der Waals surface area contributed by atoms with Gasteiger partial charge in [-0.15, -0.1) is 0 Å². The standard InChI is InChI=1S/C15H22N4OS/c1-10(2)12-7-5-6-8-13(12)18-15(21)19-16-9-14(20)17-11(3)4/h5-11H,1-4H3,(H,17,20)(H2,18,19,21)/b16-9+. The van der Waals surface area contributed by atoms with E-state index in [1.165, 1.54) is 11.8 Å². The van der Waals surface area contributed by atoms with Crippen LogP contribution in [0.4, 0.5) is 5.69 Å². The van der Waals surface area contributed by atoms with Gasteiger partial charge in [0, 0.05) is 11.7 Å². The number of hydrazone groups is 1. The van der Waals surface area contributed by atoms with Crippen molar-refractivity contribution in [1.29, 1.82) is 0 Å². The Morgan fingerprint density at radius 1 is 1.24 bits per heavy atom. The Balaban J connectivity index is 2.55. The Morgan fingerprint density at radius 2 is 1.90 bits per heavy atom. The molecule has 6 heteroatoms. The molecule has 5 nitrogen and oxygen atoms in total. The van der Waals surface area contributed by atoms with Crippen LogP contribution < -0.4 is 16.1 Å². The van der Waals surface area contributed by atoms with Crippen molar-refractivity contribution in [3.05, 3.63) is 29.8 Å². The quantitative estimate of drug-likeness (QED) is 0.444. The van der Waals surface area contributed by atoms with Gasteiger partial charge in [-0.05, 0) is 43.6 Å². The highest BCUT2D eigenvalue weighted by molar-refractivity contribution is 7.80. The van der Waals surface area contributed by atoms with Gasteiger partial charge in [-0.2, -0.15) is 5.10 Å². The minimum Gasteiger partial charge on any atom is -0.349 e. The maximum atomic E-state index is 11.4. The Labute approximate surface area is 131 Å². The predicted octanol–water partition coefficient (Wildman–Crippen LogP) is 2.61. The van der Waals surface area contributed by atoms with Gasteiger partial charge in [0.25, 0.3) is 5.91 Å². The number of hydrogen-bond acceptors (Lipinski definition) is 3. The molecule has 0 aliphatic carbocycles. The van der Waals surface area contributed by atoms with Crippen molar-refractivity contribution in [2.75, 3.05) is 5.32 Å². The summed E-state index contributed by atoms with van der Waals surface area (Å²) >= 11 is 5.15. The molecule has 0 spiro atoms. The van der Waals surface area contributed by atoms with Crippen molar-refractivity contribution >= 4 is 35.1 Å². The maximum absolute atomic E-state index is 11.4. The van der Waals surface area contributed by atoms with Gasteiger partial charge in [0.05, 0.1) is 0 Å². The summed E-state index contributed by atoms with van der Waals surface area (Å²) in [5.74, 6) is 0.125. The minimum absolute atomic E-state index is 0.0759. The Bertz CT molecular complexity index is 526. The number of nitrogens with zero attached hydrogens (tertiary/aromatic N) is 1. The molecule has 0 heterocycles. The Kier molecular flexibility index (Phi) is 6.81. The first-order valence-electron chi connectivity index (χ1n) is 6.89. The number of benzene rings is 1. The molecule has 1 aromatic carbocycles. The fraction of sp³-hybridized carbons (Fsp3) is 0.400. The van der Waals surface area contributed by atoms with Crippen molar-refractivity contribution in [3.8, 4) is 0 Å². The van der Waals surface area contributed by atoms with Gasteiger partial charge in [-0.1, -0.05) is 32.0 Å². The molecule has 1 amide bonds. The van der Waals surface area contributed by atoms with Crippen LogP contribution in [-0.2, 0) is 4.79 Å². The van der Waals surface area contributed by atoms with E-state index in [-0.39, 0.29) is 11.9 Å².